The Morgan fingerprint density at radius 3 is 2.78 bits per heavy atom. The number of nitrogens with one attached hydrogen (secondary N) is 1. The summed E-state index contributed by atoms with van der Waals surface area (Å²) in [5.41, 5.74) is 0.828. The highest BCUT2D eigenvalue weighted by Crippen LogP contribution is 2.22. The van der Waals surface area contributed by atoms with Crippen molar-refractivity contribution in [2.24, 2.45) is 5.92 Å². The van der Waals surface area contributed by atoms with E-state index in [0.29, 0.717) is 10.9 Å². The zero-order valence-electron chi connectivity index (χ0n) is 15.8. The Labute approximate surface area is 162 Å². The molecule has 0 spiro atoms. The first-order valence-electron chi connectivity index (χ1n) is 8.54. The van der Waals surface area contributed by atoms with Gasteiger partial charge >= 0.3 is 5.97 Å². The standard InChI is InChI=1S/C18H24N4O4S/c1-5-12(2)16(17(24)26-4)20-15(23)10-27-18-21-19-11-22(18)13-7-6-8-14(9-13)25-3/h6-9,11-12,16H,5,10H2,1-4H3,(H,20,23)/t12-,16+/m0/s1. The van der Waals surface area contributed by atoms with E-state index < -0.39 is 12.0 Å². The number of amides is 1. The third-order valence-corrected chi connectivity index (χ3v) is 5.11. The van der Waals surface area contributed by atoms with Crippen LogP contribution in [-0.4, -0.2) is 52.7 Å². The maximum atomic E-state index is 12.3. The smallest absolute Gasteiger partial charge is 0.328 e. The van der Waals surface area contributed by atoms with Gasteiger partial charge in [-0.1, -0.05) is 38.1 Å². The van der Waals surface area contributed by atoms with Crippen molar-refractivity contribution in [2.45, 2.75) is 31.5 Å². The topological polar surface area (TPSA) is 95.3 Å². The highest BCUT2D eigenvalue weighted by molar-refractivity contribution is 7.99. The van der Waals surface area contributed by atoms with Crippen molar-refractivity contribution in [1.82, 2.24) is 20.1 Å². The molecular formula is C18H24N4O4S. The molecule has 1 amide bonds. The van der Waals surface area contributed by atoms with Gasteiger partial charge in [0.15, 0.2) is 5.16 Å². The molecule has 0 aliphatic rings. The molecular weight excluding hydrogens is 368 g/mol. The minimum absolute atomic E-state index is 0.0214. The van der Waals surface area contributed by atoms with Crippen LogP contribution in [0.3, 0.4) is 0 Å². The Hall–Kier alpha value is -2.55. The summed E-state index contributed by atoms with van der Waals surface area (Å²) < 4.78 is 11.8. The fourth-order valence-corrected chi connectivity index (χ4v) is 3.14. The van der Waals surface area contributed by atoms with E-state index in [4.69, 9.17) is 9.47 Å². The molecule has 0 saturated heterocycles. The lowest BCUT2D eigenvalue weighted by Gasteiger charge is -2.21. The number of rotatable bonds is 9. The highest BCUT2D eigenvalue weighted by atomic mass is 32.2. The second-order valence-corrected chi connectivity index (χ2v) is 6.87. The third kappa shape index (κ3) is 5.46. The fraction of sp³-hybridized carbons (Fsp3) is 0.444. The SMILES string of the molecule is CC[C@H](C)[C@@H](NC(=O)CSc1nncn1-c1cccc(OC)c1)C(=O)OC. The fourth-order valence-electron chi connectivity index (χ4n) is 2.40. The Morgan fingerprint density at radius 1 is 1.33 bits per heavy atom. The molecule has 0 fully saturated rings. The number of nitrogens with zero attached hydrogens (tertiary/aromatic N) is 3. The maximum Gasteiger partial charge on any atom is 0.328 e. The van der Waals surface area contributed by atoms with Crippen molar-refractivity contribution in [3.63, 3.8) is 0 Å². The van der Waals surface area contributed by atoms with Gasteiger partial charge in [0, 0.05) is 6.07 Å². The summed E-state index contributed by atoms with van der Waals surface area (Å²) in [6, 6.07) is 6.79. The summed E-state index contributed by atoms with van der Waals surface area (Å²) in [7, 11) is 2.91. The van der Waals surface area contributed by atoms with Gasteiger partial charge in [0.2, 0.25) is 5.91 Å². The number of hydrogen-bond donors (Lipinski definition) is 1. The lowest BCUT2D eigenvalue weighted by molar-refractivity contribution is -0.146. The molecule has 0 unspecified atom stereocenters. The number of methoxy groups -OCH3 is 2. The van der Waals surface area contributed by atoms with E-state index in [1.54, 1.807) is 18.0 Å². The average molecular weight is 392 g/mol. The van der Waals surface area contributed by atoms with E-state index in [9.17, 15) is 9.59 Å². The van der Waals surface area contributed by atoms with Crippen LogP contribution in [0, 0.1) is 5.92 Å². The first kappa shape index (κ1) is 20.8. The van der Waals surface area contributed by atoms with E-state index in [2.05, 4.69) is 15.5 Å². The molecule has 1 heterocycles. The predicted octanol–water partition coefficient (Wildman–Crippen LogP) is 2.07. The van der Waals surface area contributed by atoms with Crippen molar-refractivity contribution in [1.29, 1.82) is 0 Å². The van der Waals surface area contributed by atoms with Crippen molar-refractivity contribution in [2.75, 3.05) is 20.0 Å². The van der Waals surface area contributed by atoms with Gasteiger partial charge < -0.3 is 14.8 Å². The largest absolute Gasteiger partial charge is 0.497 e. The van der Waals surface area contributed by atoms with E-state index in [0.717, 1.165) is 12.1 Å². The van der Waals surface area contributed by atoms with Gasteiger partial charge in [-0.3, -0.25) is 9.36 Å². The molecule has 27 heavy (non-hydrogen) atoms. The Morgan fingerprint density at radius 2 is 2.11 bits per heavy atom. The van der Waals surface area contributed by atoms with Gasteiger partial charge in [-0.2, -0.15) is 0 Å². The number of ether oxygens (including phenoxy) is 2. The first-order chi connectivity index (χ1) is 13.0. The summed E-state index contributed by atoms with van der Waals surface area (Å²) in [5.74, 6) is 0.0846. The van der Waals surface area contributed by atoms with E-state index >= 15 is 0 Å². The first-order valence-corrected chi connectivity index (χ1v) is 9.53. The maximum absolute atomic E-state index is 12.3. The Bertz CT molecular complexity index is 780. The molecule has 0 aliphatic carbocycles. The van der Waals surface area contributed by atoms with Crippen molar-refractivity contribution in [3.05, 3.63) is 30.6 Å². The van der Waals surface area contributed by atoms with E-state index in [-0.39, 0.29) is 17.6 Å². The number of aromatic nitrogens is 3. The van der Waals surface area contributed by atoms with E-state index in [1.165, 1.54) is 18.9 Å². The van der Waals surface area contributed by atoms with Crippen LogP contribution in [0.15, 0.2) is 35.7 Å². The number of hydrogen-bond acceptors (Lipinski definition) is 7. The van der Waals surface area contributed by atoms with E-state index in [1.807, 2.05) is 38.1 Å². The van der Waals surface area contributed by atoms with Crippen molar-refractivity contribution in [3.8, 4) is 11.4 Å². The average Bonchev–Trinajstić information content (AvgIpc) is 3.18. The van der Waals surface area contributed by atoms with Gasteiger partial charge in [0.05, 0.1) is 25.7 Å². The quantitative estimate of drug-likeness (QED) is 0.515. The lowest BCUT2D eigenvalue weighted by Crippen LogP contribution is -2.46. The molecule has 146 valence electrons. The molecule has 1 aromatic carbocycles. The Kier molecular flexibility index (Phi) is 7.66. The van der Waals surface area contributed by atoms with Crippen molar-refractivity contribution < 1.29 is 19.1 Å². The van der Waals surface area contributed by atoms with Gasteiger partial charge in [-0.25, -0.2) is 4.79 Å². The summed E-state index contributed by atoms with van der Waals surface area (Å²) >= 11 is 1.24. The number of thioether (sulfide) groups is 1. The van der Waals surface area contributed by atoms with Crippen LogP contribution in [0.4, 0.5) is 0 Å². The van der Waals surface area contributed by atoms with Crippen LogP contribution in [0.2, 0.25) is 0 Å². The highest BCUT2D eigenvalue weighted by Gasteiger charge is 2.26. The van der Waals surface area contributed by atoms with Gasteiger partial charge in [-0.05, 0) is 18.1 Å². The van der Waals surface area contributed by atoms with Crippen LogP contribution in [0.5, 0.6) is 5.75 Å². The summed E-state index contributed by atoms with van der Waals surface area (Å²) in [5, 5.41) is 11.3. The Balaban J connectivity index is 2.03. The van der Waals surface area contributed by atoms with Crippen LogP contribution < -0.4 is 10.1 Å². The summed E-state index contributed by atoms with van der Waals surface area (Å²) in [6.45, 7) is 3.85. The summed E-state index contributed by atoms with van der Waals surface area (Å²) in [6.07, 6.45) is 2.32. The minimum Gasteiger partial charge on any atom is -0.497 e. The molecule has 0 aliphatic heterocycles. The van der Waals surface area contributed by atoms with Gasteiger partial charge in [-0.15, -0.1) is 10.2 Å². The second kappa shape index (κ2) is 9.96. The number of esters is 1. The van der Waals surface area contributed by atoms with Crippen molar-refractivity contribution >= 4 is 23.6 Å². The van der Waals surface area contributed by atoms with Crippen LogP contribution in [0.25, 0.3) is 5.69 Å². The van der Waals surface area contributed by atoms with Gasteiger partial charge in [0.25, 0.3) is 0 Å². The minimum atomic E-state index is -0.663. The molecule has 2 atom stereocenters. The molecule has 2 rings (SSSR count). The third-order valence-electron chi connectivity index (χ3n) is 4.16. The number of carbonyl (C=O) groups is 2. The zero-order valence-corrected chi connectivity index (χ0v) is 16.7. The molecule has 0 saturated carbocycles. The molecule has 2 aromatic rings. The molecule has 1 aromatic heterocycles. The van der Waals surface area contributed by atoms with Crippen LogP contribution in [-0.2, 0) is 14.3 Å². The van der Waals surface area contributed by atoms with Crippen LogP contribution in [0.1, 0.15) is 20.3 Å². The monoisotopic (exact) mass is 392 g/mol. The predicted molar refractivity (Wildman–Crippen MR) is 102 cm³/mol. The molecule has 0 bridgehead atoms. The molecule has 8 nitrogen and oxygen atoms in total. The lowest BCUT2D eigenvalue weighted by atomic mass is 9.99. The van der Waals surface area contributed by atoms with Gasteiger partial charge in [0.1, 0.15) is 18.1 Å². The summed E-state index contributed by atoms with van der Waals surface area (Å²) in [4.78, 5) is 24.2. The van der Waals surface area contributed by atoms with Crippen LogP contribution >= 0.6 is 11.8 Å². The number of benzene rings is 1. The molecule has 9 heteroatoms. The number of carbonyl (C=O) groups excluding carboxylic acids is 2. The zero-order chi connectivity index (χ0) is 19.8. The molecule has 1 N–H and O–H groups in total. The second-order valence-electron chi connectivity index (χ2n) is 5.93. The normalized spacial score (nSPS) is 12.9. The molecule has 0 radical (unpaired) electrons.